The number of carboxylic acid groups (broad SMARTS) is 1. The lowest BCUT2D eigenvalue weighted by Gasteiger charge is -2.29. The molecule has 1 aliphatic carbocycles. The van der Waals surface area contributed by atoms with Crippen LogP contribution < -0.4 is 5.32 Å². The van der Waals surface area contributed by atoms with Gasteiger partial charge in [0.15, 0.2) is 0 Å². The molecule has 0 aliphatic heterocycles. The smallest absolute Gasteiger partial charge is 0.309 e. The van der Waals surface area contributed by atoms with E-state index in [1.165, 1.54) is 25.7 Å². The van der Waals surface area contributed by atoms with Crippen LogP contribution in [0.1, 0.15) is 52.9 Å². The van der Waals surface area contributed by atoms with Crippen LogP contribution in [0, 0.1) is 17.3 Å². The van der Waals surface area contributed by atoms with Gasteiger partial charge in [-0.2, -0.15) is 0 Å². The van der Waals surface area contributed by atoms with Crippen molar-refractivity contribution >= 4 is 5.97 Å². The van der Waals surface area contributed by atoms with Gasteiger partial charge in [0.05, 0.1) is 5.41 Å². The van der Waals surface area contributed by atoms with E-state index >= 15 is 0 Å². The van der Waals surface area contributed by atoms with Crippen LogP contribution in [0.25, 0.3) is 0 Å². The lowest BCUT2D eigenvalue weighted by molar-refractivity contribution is -0.147. The Labute approximate surface area is 105 Å². The zero-order chi connectivity index (χ0) is 12.9. The Balaban J connectivity index is 2.17. The summed E-state index contributed by atoms with van der Waals surface area (Å²) in [6.07, 6.45) is 6.12. The lowest BCUT2D eigenvalue weighted by atomic mass is 9.80. The average molecular weight is 241 g/mol. The summed E-state index contributed by atoms with van der Waals surface area (Å²) in [5.41, 5.74) is -0.606. The van der Waals surface area contributed by atoms with Gasteiger partial charge in [0.2, 0.25) is 0 Å². The van der Waals surface area contributed by atoms with Gasteiger partial charge in [-0.1, -0.05) is 26.2 Å². The molecule has 1 aliphatic rings. The molecule has 1 fully saturated rings. The molecule has 0 saturated heterocycles. The molecule has 100 valence electrons. The fraction of sp³-hybridized carbons (Fsp3) is 0.929. The second kappa shape index (κ2) is 6.39. The van der Waals surface area contributed by atoms with E-state index in [-0.39, 0.29) is 0 Å². The molecule has 0 heterocycles. The quantitative estimate of drug-likeness (QED) is 0.703. The third-order valence-electron chi connectivity index (χ3n) is 4.20. The van der Waals surface area contributed by atoms with Crippen LogP contribution in [-0.4, -0.2) is 24.2 Å². The van der Waals surface area contributed by atoms with E-state index in [9.17, 15) is 4.79 Å². The van der Waals surface area contributed by atoms with Gasteiger partial charge in [0.25, 0.3) is 0 Å². The maximum atomic E-state index is 10.9. The van der Waals surface area contributed by atoms with Gasteiger partial charge < -0.3 is 10.4 Å². The first-order valence-electron chi connectivity index (χ1n) is 6.87. The van der Waals surface area contributed by atoms with E-state index in [1.807, 2.05) is 0 Å². The SMILES string of the molecule is CC1CCCCC1CNCCC(C)(C)C(=O)O. The average Bonchev–Trinajstić information content (AvgIpc) is 2.26. The van der Waals surface area contributed by atoms with Crippen LogP contribution in [-0.2, 0) is 4.79 Å². The highest BCUT2D eigenvalue weighted by atomic mass is 16.4. The maximum Gasteiger partial charge on any atom is 0.309 e. The summed E-state index contributed by atoms with van der Waals surface area (Å²) in [6.45, 7) is 7.78. The molecule has 0 bridgehead atoms. The van der Waals surface area contributed by atoms with E-state index in [4.69, 9.17) is 5.11 Å². The van der Waals surface area contributed by atoms with Gasteiger partial charge in [0.1, 0.15) is 0 Å². The molecule has 17 heavy (non-hydrogen) atoms. The number of carbonyl (C=O) groups is 1. The Morgan fingerprint density at radius 1 is 1.35 bits per heavy atom. The molecule has 0 spiro atoms. The van der Waals surface area contributed by atoms with E-state index < -0.39 is 11.4 Å². The molecule has 2 N–H and O–H groups in total. The summed E-state index contributed by atoms with van der Waals surface area (Å²) < 4.78 is 0. The maximum absolute atomic E-state index is 10.9. The Hall–Kier alpha value is -0.570. The Morgan fingerprint density at radius 3 is 2.59 bits per heavy atom. The summed E-state index contributed by atoms with van der Waals surface area (Å²) in [4.78, 5) is 10.9. The fourth-order valence-electron chi connectivity index (χ4n) is 2.49. The van der Waals surface area contributed by atoms with Gasteiger partial charge in [-0.3, -0.25) is 4.79 Å². The zero-order valence-corrected chi connectivity index (χ0v) is 11.5. The number of aliphatic carboxylic acids is 1. The standard InChI is InChI=1S/C14H27NO2/c1-11-6-4-5-7-12(11)10-15-9-8-14(2,3)13(16)17/h11-12,15H,4-10H2,1-3H3,(H,16,17). The van der Waals surface area contributed by atoms with Crippen LogP contribution in [0.15, 0.2) is 0 Å². The van der Waals surface area contributed by atoms with Crippen molar-refractivity contribution in [2.75, 3.05) is 13.1 Å². The fourth-order valence-corrected chi connectivity index (χ4v) is 2.49. The van der Waals surface area contributed by atoms with Gasteiger partial charge in [-0.05, 0) is 51.6 Å². The Bertz CT molecular complexity index is 251. The molecule has 0 amide bonds. The van der Waals surface area contributed by atoms with Crippen molar-refractivity contribution < 1.29 is 9.90 Å². The molecule has 0 aromatic carbocycles. The molecule has 0 aromatic rings. The van der Waals surface area contributed by atoms with Crippen molar-refractivity contribution in [2.24, 2.45) is 17.3 Å². The summed E-state index contributed by atoms with van der Waals surface area (Å²) in [6, 6.07) is 0. The van der Waals surface area contributed by atoms with Crippen molar-refractivity contribution in [3.63, 3.8) is 0 Å². The number of carboxylic acids is 1. The molecule has 3 heteroatoms. The molecule has 2 unspecified atom stereocenters. The van der Waals surface area contributed by atoms with Crippen LogP contribution in [0.2, 0.25) is 0 Å². The molecule has 0 radical (unpaired) electrons. The predicted octanol–water partition coefficient (Wildman–Crippen LogP) is 2.90. The lowest BCUT2D eigenvalue weighted by Crippen LogP contribution is -2.33. The van der Waals surface area contributed by atoms with Crippen LogP contribution in [0.3, 0.4) is 0 Å². The molecule has 2 atom stereocenters. The molecule has 3 nitrogen and oxygen atoms in total. The van der Waals surface area contributed by atoms with Crippen molar-refractivity contribution in [2.45, 2.75) is 52.9 Å². The second-order valence-corrected chi connectivity index (χ2v) is 6.16. The number of rotatable bonds is 6. The molecule has 1 saturated carbocycles. The Kier molecular flexibility index (Phi) is 5.44. The first-order chi connectivity index (χ1) is 7.93. The Morgan fingerprint density at radius 2 is 2.00 bits per heavy atom. The molecule has 1 rings (SSSR count). The predicted molar refractivity (Wildman–Crippen MR) is 70.0 cm³/mol. The summed E-state index contributed by atoms with van der Waals surface area (Å²) in [5.74, 6) is 0.908. The topological polar surface area (TPSA) is 49.3 Å². The van der Waals surface area contributed by atoms with E-state index in [0.29, 0.717) is 6.42 Å². The second-order valence-electron chi connectivity index (χ2n) is 6.16. The van der Waals surface area contributed by atoms with Gasteiger partial charge >= 0.3 is 5.97 Å². The van der Waals surface area contributed by atoms with Gasteiger partial charge in [-0.25, -0.2) is 0 Å². The monoisotopic (exact) mass is 241 g/mol. The normalized spacial score (nSPS) is 25.8. The molecule has 0 aromatic heterocycles. The van der Waals surface area contributed by atoms with Crippen molar-refractivity contribution in [3.8, 4) is 0 Å². The minimum Gasteiger partial charge on any atom is -0.481 e. The summed E-state index contributed by atoms with van der Waals surface area (Å²) >= 11 is 0. The van der Waals surface area contributed by atoms with Crippen molar-refractivity contribution in [1.29, 1.82) is 0 Å². The highest BCUT2D eigenvalue weighted by Crippen LogP contribution is 2.29. The van der Waals surface area contributed by atoms with Crippen LogP contribution in [0.4, 0.5) is 0 Å². The third kappa shape index (κ3) is 4.66. The van der Waals surface area contributed by atoms with Gasteiger partial charge in [0, 0.05) is 0 Å². The van der Waals surface area contributed by atoms with E-state index in [1.54, 1.807) is 13.8 Å². The first-order valence-corrected chi connectivity index (χ1v) is 6.87. The number of nitrogens with one attached hydrogen (secondary N) is 1. The zero-order valence-electron chi connectivity index (χ0n) is 11.5. The summed E-state index contributed by atoms with van der Waals surface area (Å²) in [5, 5.41) is 12.4. The van der Waals surface area contributed by atoms with Crippen molar-refractivity contribution in [3.05, 3.63) is 0 Å². The van der Waals surface area contributed by atoms with E-state index in [0.717, 1.165) is 24.9 Å². The van der Waals surface area contributed by atoms with Crippen LogP contribution in [0.5, 0.6) is 0 Å². The van der Waals surface area contributed by atoms with Crippen molar-refractivity contribution in [1.82, 2.24) is 5.32 Å². The minimum absolute atomic E-state index is 0.606. The largest absolute Gasteiger partial charge is 0.481 e. The number of hydrogen-bond donors (Lipinski definition) is 2. The van der Waals surface area contributed by atoms with E-state index in [2.05, 4.69) is 12.2 Å². The highest BCUT2D eigenvalue weighted by Gasteiger charge is 2.26. The third-order valence-corrected chi connectivity index (χ3v) is 4.20. The molecular weight excluding hydrogens is 214 g/mol. The van der Waals surface area contributed by atoms with Crippen LogP contribution >= 0.6 is 0 Å². The summed E-state index contributed by atoms with van der Waals surface area (Å²) in [7, 11) is 0. The highest BCUT2D eigenvalue weighted by molar-refractivity contribution is 5.73. The minimum atomic E-state index is -0.703. The molecular formula is C14H27NO2. The number of hydrogen-bond acceptors (Lipinski definition) is 2. The first kappa shape index (κ1) is 14.5. The van der Waals surface area contributed by atoms with Gasteiger partial charge in [-0.15, -0.1) is 0 Å².